The molecule has 1 aromatic heterocycles. The predicted molar refractivity (Wildman–Crippen MR) is 112 cm³/mol. The molecule has 1 N–H and O–H groups in total. The van der Waals surface area contributed by atoms with Crippen LogP contribution >= 0.6 is 0 Å². The number of sulfonamides is 1. The van der Waals surface area contributed by atoms with Crippen LogP contribution in [0.15, 0.2) is 58.5 Å². The number of hydrogen-bond donors (Lipinski definition) is 1. The highest BCUT2D eigenvalue weighted by Crippen LogP contribution is 2.18. The Labute approximate surface area is 177 Å². The number of hydrogen-bond acceptors (Lipinski definition) is 7. The topological polar surface area (TPSA) is 145 Å². The number of carbonyl (C=O) groups is 1. The Balaban J connectivity index is 1.78. The molecule has 2 aromatic carbocycles. The van der Waals surface area contributed by atoms with Gasteiger partial charge in [0.2, 0.25) is 15.9 Å². The van der Waals surface area contributed by atoms with Crippen LogP contribution in [-0.2, 0) is 27.9 Å². The van der Waals surface area contributed by atoms with Crippen LogP contribution in [0.5, 0.6) is 0 Å². The van der Waals surface area contributed by atoms with Crippen molar-refractivity contribution in [3.05, 3.63) is 74.8 Å². The number of nitro benzene ring substituents is 1. The summed E-state index contributed by atoms with van der Waals surface area (Å²) in [4.78, 5) is 39.3. The van der Waals surface area contributed by atoms with Crippen LogP contribution in [0.4, 0.5) is 5.69 Å². The van der Waals surface area contributed by atoms with E-state index in [9.17, 15) is 28.1 Å². The van der Waals surface area contributed by atoms with Crippen LogP contribution in [0.1, 0.15) is 5.56 Å². The molecule has 0 saturated carbocycles. The maximum absolute atomic E-state index is 12.6. The lowest BCUT2D eigenvalue weighted by Gasteiger charge is -2.15. The van der Waals surface area contributed by atoms with Gasteiger partial charge in [0.25, 0.3) is 11.2 Å². The van der Waals surface area contributed by atoms with Gasteiger partial charge in [-0.2, -0.15) is 0 Å². The second-order valence-electron chi connectivity index (χ2n) is 6.81. The van der Waals surface area contributed by atoms with Gasteiger partial charge in [-0.05, 0) is 17.7 Å². The Morgan fingerprint density at radius 3 is 2.61 bits per heavy atom. The van der Waals surface area contributed by atoms with Gasteiger partial charge in [-0.1, -0.05) is 18.2 Å². The fourth-order valence-corrected chi connectivity index (χ4v) is 3.99. The molecule has 1 amide bonds. The van der Waals surface area contributed by atoms with Crippen LogP contribution in [0.3, 0.4) is 0 Å². The minimum Gasteiger partial charge on any atom is -0.350 e. The number of benzene rings is 2. The summed E-state index contributed by atoms with van der Waals surface area (Å²) in [6, 6.07) is 9.96. The van der Waals surface area contributed by atoms with Gasteiger partial charge in [0.1, 0.15) is 6.54 Å². The number of fused-ring (bicyclic) bond motifs is 1. The molecule has 3 rings (SSSR count). The molecule has 0 unspecified atom stereocenters. The molecule has 0 atom stereocenters. The molecule has 1 heterocycles. The number of non-ortho nitro benzene ring substituents is 1. The highest BCUT2D eigenvalue weighted by Gasteiger charge is 2.21. The number of rotatable bonds is 7. The van der Waals surface area contributed by atoms with Gasteiger partial charge >= 0.3 is 0 Å². The van der Waals surface area contributed by atoms with E-state index in [0.29, 0.717) is 5.56 Å². The predicted octanol–water partition coefficient (Wildman–Crippen LogP) is 0.871. The first kappa shape index (κ1) is 22.1. The van der Waals surface area contributed by atoms with Gasteiger partial charge < -0.3 is 5.32 Å². The van der Waals surface area contributed by atoms with E-state index in [2.05, 4.69) is 10.3 Å². The second kappa shape index (κ2) is 8.62. The SMILES string of the molecule is CN(C)S(=O)(=O)c1ccccc1CNC(=O)Cn1cnc2cc([N+](=O)[O-])ccc2c1=O. The van der Waals surface area contributed by atoms with E-state index in [1.165, 1.54) is 38.4 Å². The summed E-state index contributed by atoms with van der Waals surface area (Å²) < 4.78 is 27.0. The van der Waals surface area contributed by atoms with Crippen molar-refractivity contribution in [1.82, 2.24) is 19.2 Å². The number of amides is 1. The fraction of sp³-hybridized carbons (Fsp3) is 0.211. The highest BCUT2D eigenvalue weighted by molar-refractivity contribution is 7.89. The summed E-state index contributed by atoms with van der Waals surface area (Å²) in [5.41, 5.74) is -0.161. The summed E-state index contributed by atoms with van der Waals surface area (Å²) >= 11 is 0. The van der Waals surface area contributed by atoms with Crippen LogP contribution in [0.25, 0.3) is 10.9 Å². The van der Waals surface area contributed by atoms with E-state index < -0.39 is 26.4 Å². The molecule has 12 heteroatoms. The molecule has 0 spiro atoms. The van der Waals surface area contributed by atoms with Gasteiger partial charge in [0.15, 0.2) is 0 Å². The first-order valence-electron chi connectivity index (χ1n) is 9.02. The molecule has 0 bridgehead atoms. The largest absolute Gasteiger partial charge is 0.350 e. The van der Waals surface area contributed by atoms with Crippen LogP contribution < -0.4 is 10.9 Å². The van der Waals surface area contributed by atoms with Crippen LogP contribution in [0, 0.1) is 10.1 Å². The van der Waals surface area contributed by atoms with E-state index in [0.717, 1.165) is 15.2 Å². The number of carbonyl (C=O) groups excluding carboxylic acids is 1. The smallest absolute Gasteiger partial charge is 0.271 e. The van der Waals surface area contributed by atoms with Crippen molar-refractivity contribution in [2.45, 2.75) is 18.0 Å². The fourth-order valence-electron chi connectivity index (χ4n) is 2.88. The molecule has 0 radical (unpaired) electrons. The molecule has 0 fully saturated rings. The molecule has 31 heavy (non-hydrogen) atoms. The third kappa shape index (κ3) is 4.59. The lowest BCUT2D eigenvalue weighted by molar-refractivity contribution is -0.384. The quantitative estimate of drug-likeness (QED) is 0.420. The zero-order valence-electron chi connectivity index (χ0n) is 16.7. The maximum Gasteiger partial charge on any atom is 0.271 e. The zero-order valence-corrected chi connectivity index (χ0v) is 17.5. The molecule has 0 saturated heterocycles. The van der Waals surface area contributed by atoms with Crippen molar-refractivity contribution in [1.29, 1.82) is 0 Å². The highest BCUT2D eigenvalue weighted by atomic mass is 32.2. The van der Waals surface area contributed by atoms with Gasteiger partial charge in [0.05, 0.1) is 27.0 Å². The minimum atomic E-state index is -3.69. The second-order valence-corrected chi connectivity index (χ2v) is 8.93. The minimum absolute atomic E-state index is 0.0516. The third-order valence-corrected chi connectivity index (χ3v) is 6.46. The van der Waals surface area contributed by atoms with E-state index >= 15 is 0 Å². The average molecular weight is 445 g/mol. The number of nitrogens with zero attached hydrogens (tertiary/aromatic N) is 4. The summed E-state index contributed by atoms with van der Waals surface area (Å²) in [5, 5.41) is 13.6. The van der Waals surface area contributed by atoms with Crippen LogP contribution in [0.2, 0.25) is 0 Å². The average Bonchev–Trinajstić information content (AvgIpc) is 2.74. The van der Waals surface area contributed by atoms with E-state index in [4.69, 9.17) is 0 Å². The van der Waals surface area contributed by atoms with Crippen molar-refractivity contribution >= 4 is 32.5 Å². The lowest BCUT2D eigenvalue weighted by Crippen LogP contribution is -2.33. The first-order chi connectivity index (χ1) is 14.6. The normalized spacial score (nSPS) is 11.6. The number of nitro groups is 1. The van der Waals surface area contributed by atoms with Crippen molar-refractivity contribution in [3.63, 3.8) is 0 Å². The third-order valence-electron chi connectivity index (χ3n) is 4.54. The van der Waals surface area contributed by atoms with Gasteiger partial charge in [-0.25, -0.2) is 17.7 Å². The van der Waals surface area contributed by atoms with Crippen molar-refractivity contribution in [3.8, 4) is 0 Å². The monoisotopic (exact) mass is 445 g/mol. The molecular formula is C19H19N5O6S. The molecule has 11 nitrogen and oxygen atoms in total. The summed E-state index contributed by atoms with van der Waals surface area (Å²) in [5.74, 6) is -0.526. The first-order valence-corrected chi connectivity index (χ1v) is 10.5. The lowest BCUT2D eigenvalue weighted by atomic mass is 10.2. The van der Waals surface area contributed by atoms with E-state index in [1.54, 1.807) is 18.2 Å². The van der Waals surface area contributed by atoms with Crippen molar-refractivity contribution in [2.24, 2.45) is 0 Å². The molecule has 0 aliphatic rings. The molecule has 162 valence electrons. The van der Waals surface area contributed by atoms with Gasteiger partial charge in [-0.15, -0.1) is 0 Å². The summed E-state index contributed by atoms with van der Waals surface area (Å²) in [6.07, 6.45) is 1.14. The Morgan fingerprint density at radius 2 is 1.94 bits per heavy atom. The Hall–Kier alpha value is -3.64. The summed E-state index contributed by atoms with van der Waals surface area (Å²) in [7, 11) is -0.856. The molecular weight excluding hydrogens is 426 g/mol. The molecule has 3 aromatic rings. The standard InChI is InChI=1S/C19H19N5O6S/c1-22(2)31(29,30)17-6-4-3-5-13(17)10-20-18(25)11-23-12-21-16-9-14(24(27)28)7-8-15(16)19(23)26/h3-9,12H,10-11H2,1-2H3,(H,20,25). The number of aromatic nitrogens is 2. The van der Waals surface area contributed by atoms with Gasteiger partial charge in [-0.3, -0.25) is 24.3 Å². The van der Waals surface area contributed by atoms with Crippen LogP contribution in [-0.4, -0.2) is 47.2 Å². The van der Waals surface area contributed by atoms with Crippen molar-refractivity contribution in [2.75, 3.05) is 14.1 Å². The summed E-state index contributed by atoms with van der Waals surface area (Å²) in [6.45, 7) is -0.397. The molecule has 0 aliphatic heterocycles. The van der Waals surface area contributed by atoms with Crippen molar-refractivity contribution < 1.29 is 18.1 Å². The zero-order chi connectivity index (χ0) is 22.8. The Kier molecular flexibility index (Phi) is 6.13. The molecule has 0 aliphatic carbocycles. The van der Waals surface area contributed by atoms with E-state index in [-0.39, 0.29) is 34.6 Å². The number of nitrogens with one attached hydrogen (secondary N) is 1. The van der Waals surface area contributed by atoms with E-state index in [1.807, 2.05) is 0 Å². The Morgan fingerprint density at radius 1 is 1.23 bits per heavy atom. The maximum atomic E-state index is 12.6. The Bertz CT molecular complexity index is 1330. The van der Waals surface area contributed by atoms with Gasteiger partial charge in [0, 0.05) is 32.8 Å².